The number of methoxy groups -OCH3 is 2. The Morgan fingerprint density at radius 3 is 2.19 bits per heavy atom. The maximum absolute atomic E-state index is 12.7. The molecule has 0 unspecified atom stereocenters. The molecule has 0 atom stereocenters. The Kier molecular flexibility index (Phi) is 9.25. The first kappa shape index (κ1) is 29.0. The highest BCUT2D eigenvalue weighted by molar-refractivity contribution is 5.95. The number of nitro groups is 2. The summed E-state index contributed by atoms with van der Waals surface area (Å²) in [4.78, 5) is 33.5. The van der Waals surface area contributed by atoms with Crippen LogP contribution in [0.4, 0.5) is 11.4 Å². The molecule has 1 amide bonds. The number of benzene rings is 4. The molecule has 0 saturated carbocycles. The van der Waals surface area contributed by atoms with Crippen molar-refractivity contribution in [2.75, 3.05) is 14.2 Å². The molecule has 0 spiro atoms. The summed E-state index contributed by atoms with van der Waals surface area (Å²) in [5, 5.41) is 26.4. The van der Waals surface area contributed by atoms with Gasteiger partial charge in [0.2, 0.25) is 5.75 Å². The second-order valence-electron chi connectivity index (χ2n) is 8.52. The van der Waals surface area contributed by atoms with Crippen molar-refractivity contribution >= 4 is 23.5 Å². The largest absolute Gasteiger partial charge is 0.493 e. The molecule has 0 bridgehead atoms. The van der Waals surface area contributed by atoms with Crippen LogP contribution in [0.3, 0.4) is 0 Å². The minimum absolute atomic E-state index is 0.123. The summed E-state index contributed by atoms with van der Waals surface area (Å²) in [6.07, 6.45) is 1.37. The summed E-state index contributed by atoms with van der Waals surface area (Å²) in [5.41, 5.74) is 3.21. The van der Waals surface area contributed by atoms with Crippen molar-refractivity contribution in [3.63, 3.8) is 0 Å². The Hall–Kier alpha value is -5.98. The van der Waals surface area contributed by atoms with Gasteiger partial charge in [-0.2, -0.15) is 5.10 Å². The third kappa shape index (κ3) is 7.15. The van der Waals surface area contributed by atoms with Crippen LogP contribution in [0.15, 0.2) is 90.0 Å². The lowest BCUT2D eigenvalue weighted by Gasteiger charge is -2.12. The van der Waals surface area contributed by atoms with Crippen molar-refractivity contribution in [2.45, 2.75) is 6.61 Å². The van der Waals surface area contributed by atoms with Gasteiger partial charge >= 0.3 is 5.69 Å². The van der Waals surface area contributed by atoms with E-state index in [1.165, 1.54) is 38.6 Å². The molecule has 4 aromatic rings. The van der Waals surface area contributed by atoms with E-state index in [0.717, 1.165) is 23.8 Å². The number of hydrogen-bond acceptors (Lipinski definition) is 10. The first-order valence-corrected chi connectivity index (χ1v) is 12.3. The molecule has 13 heteroatoms. The van der Waals surface area contributed by atoms with E-state index in [1.54, 1.807) is 18.2 Å². The van der Waals surface area contributed by atoms with Crippen molar-refractivity contribution < 1.29 is 33.6 Å². The number of non-ortho nitro benzene ring substituents is 1. The second kappa shape index (κ2) is 13.4. The number of nitro benzene ring substituents is 2. The number of carbonyl (C=O) groups is 1. The van der Waals surface area contributed by atoms with Crippen molar-refractivity contribution in [3.05, 3.63) is 122 Å². The highest BCUT2D eigenvalue weighted by atomic mass is 16.6. The summed E-state index contributed by atoms with van der Waals surface area (Å²) in [7, 11) is 2.85. The lowest BCUT2D eigenvalue weighted by Crippen LogP contribution is -2.17. The fraction of sp³-hybridized carbons (Fsp3) is 0.103. The molecule has 0 aliphatic carbocycles. The summed E-state index contributed by atoms with van der Waals surface area (Å²) in [6, 6.07) is 22.0. The number of hydrazone groups is 1. The molecule has 13 nitrogen and oxygen atoms in total. The molecule has 214 valence electrons. The molecule has 42 heavy (non-hydrogen) atoms. The number of carbonyl (C=O) groups excluding carboxylic acids is 1. The first-order valence-electron chi connectivity index (χ1n) is 12.3. The van der Waals surface area contributed by atoms with Crippen LogP contribution >= 0.6 is 0 Å². The molecule has 4 aromatic carbocycles. The predicted octanol–water partition coefficient (Wildman–Crippen LogP) is 5.66. The van der Waals surface area contributed by atoms with E-state index >= 15 is 0 Å². The van der Waals surface area contributed by atoms with Gasteiger partial charge in [-0.05, 0) is 53.6 Å². The summed E-state index contributed by atoms with van der Waals surface area (Å²) in [5.74, 6) is 0.498. The van der Waals surface area contributed by atoms with E-state index < -0.39 is 27.1 Å². The van der Waals surface area contributed by atoms with E-state index in [4.69, 9.17) is 18.9 Å². The van der Waals surface area contributed by atoms with Crippen LogP contribution < -0.4 is 24.4 Å². The maximum atomic E-state index is 12.7. The number of ether oxygens (including phenoxy) is 4. The van der Waals surface area contributed by atoms with Gasteiger partial charge in [0.05, 0.1) is 36.3 Å². The van der Waals surface area contributed by atoms with Crippen LogP contribution in [0, 0.1) is 20.2 Å². The van der Waals surface area contributed by atoms with Crippen molar-refractivity contribution in [2.24, 2.45) is 5.10 Å². The highest BCUT2D eigenvalue weighted by Gasteiger charge is 2.22. The van der Waals surface area contributed by atoms with Gasteiger partial charge < -0.3 is 18.9 Å². The Morgan fingerprint density at radius 2 is 1.50 bits per heavy atom. The Bertz CT molecular complexity index is 1640. The van der Waals surface area contributed by atoms with E-state index in [9.17, 15) is 25.0 Å². The van der Waals surface area contributed by atoms with Gasteiger partial charge in [-0.3, -0.25) is 25.0 Å². The number of hydrogen-bond donors (Lipinski definition) is 1. The molecule has 4 rings (SSSR count). The summed E-state index contributed by atoms with van der Waals surface area (Å²) in [6.45, 7) is 0.338. The minimum atomic E-state index is -0.778. The number of rotatable bonds is 12. The van der Waals surface area contributed by atoms with Gasteiger partial charge in [0.15, 0.2) is 23.0 Å². The van der Waals surface area contributed by atoms with E-state index in [1.807, 2.05) is 30.3 Å². The zero-order valence-electron chi connectivity index (χ0n) is 22.4. The third-order valence-corrected chi connectivity index (χ3v) is 5.80. The smallest absolute Gasteiger partial charge is 0.318 e. The number of nitrogens with zero attached hydrogens (tertiary/aromatic N) is 3. The Labute approximate surface area is 239 Å². The van der Waals surface area contributed by atoms with Crippen molar-refractivity contribution in [1.82, 2.24) is 5.43 Å². The molecular weight excluding hydrogens is 548 g/mol. The second-order valence-corrected chi connectivity index (χ2v) is 8.52. The van der Waals surface area contributed by atoms with Crippen LogP contribution in [-0.4, -0.2) is 36.2 Å². The molecule has 0 aliphatic rings. The lowest BCUT2D eigenvalue weighted by atomic mass is 10.2. The minimum Gasteiger partial charge on any atom is -0.493 e. The van der Waals surface area contributed by atoms with E-state index in [0.29, 0.717) is 29.2 Å². The zero-order valence-corrected chi connectivity index (χ0v) is 22.4. The molecule has 0 fully saturated rings. The summed E-state index contributed by atoms with van der Waals surface area (Å²) < 4.78 is 22.2. The van der Waals surface area contributed by atoms with Crippen LogP contribution in [0.5, 0.6) is 28.7 Å². The molecule has 0 radical (unpaired) electrons. The monoisotopic (exact) mass is 572 g/mol. The van der Waals surface area contributed by atoms with Gasteiger partial charge in [-0.1, -0.05) is 30.3 Å². The molecular formula is C29H24N4O9. The number of nitrogens with one attached hydrogen (secondary N) is 1. The van der Waals surface area contributed by atoms with Gasteiger partial charge in [0.1, 0.15) is 6.61 Å². The van der Waals surface area contributed by atoms with Crippen LogP contribution in [0.1, 0.15) is 21.5 Å². The van der Waals surface area contributed by atoms with Crippen molar-refractivity contribution in [3.8, 4) is 28.7 Å². The molecule has 0 aliphatic heterocycles. The van der Waals surface area contributed by atoms with Gasteiger partial charge in [0, 0.05) is 11.6 Å². The van der Waals surface area contributed by atoms with E-state index in [-0.39, 0.29) is 17.2 Å². The average Bonchev–Trinajstić information content (AvgIpc) is 3.00. The Morgan fingerprint density at radius 1 is 0.810 bits per heavy atom. The fourth-order valence-electron chi connectivity index (χ4n) is 3.71. The van der Waals surface area contributed by atoms with Gasteiger partial charge in [-0.25, -0.2) is 5.43 Å². The predicted molar refractivity (Wildman–Crippen MR) is 152 cm³/mol. The average molecular weight is 573 g/mol. The highest BCUT2D eigenvalue weighted by Crippen LogP contribution is 2.38. The molecule has 1 N–H and O–H groups in total. The quantitative estimate of drug-likeness (QED) is 0.128. The fourth-order valence-corrected chi connectivity index (χ4v) is 3.71. The topological polar surface area (TPSA) is 165 Å². The first-order chi connectivity index (χ1) is 20.3. The maximum Gasteiger partial charge on any atom is 0.318 e. The van der Waals surface area contributed by atoms with Gasteiger partial charge in [0.25, 0.3) is 11.6 Å². The SMILES string of the molecule is COc1cc(C(=O)N/N=C/c2ccc(Oc3ccc([N+](=O)[O-])cc3[N+](=O)[O-])c(OC)c2)ccc1OCc1ccccc1. The normalized spacial score (nSPS) is 10.6. The lowest BCUT2D eigenvalue weighted by molar-refractivity contribution is -0.394. The van der Waals surface area contributed by atoms with Crippen LogP contribution in [0.2, 0.25) is 0 Å². The number of amides is 1. The van der Waals surface area contributed by atoms with Crippen molar-refractivity contribution in [1.29, 1.82) is 0 Å². The van der Waals surface area contributed by atoms with E-state index in [2.05, 4.69) is 10.5 Å². The van der Waals surface area contributed by atoms with Gasteiger partial charge in [-0.15, -0.1) is 0 Å². The third-order valence-electron chi connectivity index (χ3n) is 5.80. The summed E-state index contributed by atoms with van der Waals surface area (Å²) >= 11 is 0. The molecule has 0 heterocycles. The zero-order chi connectivity index (χ0) is 30.1. The molecule has 0 saturated heterocycles. The standard InChI is InChI=1S/C29H24N4O9/c1-39-27-14-20(8-11-26(27)42-24-13-10-22(32(35)36)16-23(24)33(37)38)17-30-31-29(34)21-9-12-25(28(15-21)40-2)41-18-19-6-4-3-5-7-19/h3-17H,18H2,1-2H3,(H,31,34)/b30-17+. The van der Waals surface area contributed by atoms with Crippen LogP contribution in [-0.2, 0) is 6.61 Å². The Balaban J connectivity index is 1.42. The molecule has 0 aromatic heterocycles. The van der Waals surface area contributed by atoms with Crippen LogP contribution in [0.25, 0.3) is 0 Å².